The second kappa shape index (κ2) is 6.99. The second-order valence-corrected chi connectivity index (χ2v) is 7.05. The second-order valence-electron chi connectivity index (χ2n) is 7.05. The number of imide groups is 1. The SMILES string of the molecule is CC(C)n1cc(CC2NC(=O)N(Cc3cc(F)cc4cccnc34)C2=O)nn1. The lowest BCUT2D eigenvalue weighted by Gasteiger charge is -2.14. The highest BCUT2D eigenvalue weighted by Gasteiger charge is 2.38. The molecular weight excluding hydrogens is 363 g/mol. The normalized spacial score (nSPS) is 17.0. The summed E-state index contributed by atoms with van der Waals surface area (Å²) in [5, 5.41) is 11.4. The Morgan fingerprint density at radius 3 is 2.86 bits per heavy atom. The van der Waals surface area contributed by atoms with Crippen LogP contribution in [0.1, 0.15) is 31.1 Å². The third-order valence-corrected chi connectivity index (χ3v) is 4.68. The zero-order valence-electron chi connectivity index (χ0n) is 15.5. The third-order valence-electron chi connectivity index (χ3n) is 4.68. The van der Waals surface area contributed by atoms with Crippen LogP contribution in [0, 0.1) is 5.82 Å². The number of halogens is 1. The summed E-state index contributed by atoms with van der Waals surface area (Å²) in [4.78, 5) is 30.5. The van der Waals surface area contributed by atoms with Gasteiger partial charge >= 0.3 is 6.03 Å². The van der Waals surface area contributed by atoms with Crippen LogP contribution in [0.2, 0.25) is 0 Å². The number of nitrogens with zero attached hydrogens (tertiary/aromatic N) is 5. The summed E-state index contributed by atoms with van der Waals surface area (Å²) < 4.78 is 15.6. The van der Waals surface area contributed by atoms with Gasteiger partial charge in [0, 0.05) is 35.8 Å². The summed E-state index contributed by atoms with van der Waals surface area (Å²) in [6.07, 6.45) is 3.60. The number of hydrogen-bond donors (Lipinski definition) is 1. The fraction of sp³-hybridized carbons (Fsp3) is 0.316. The number of benzene rings is 1. The number of pyridine rings is 1. The number of carbonyl (C=O) groups is 2. The van der Waals surface area contributed by atoms with Crippen LogP contribution in [0.4, 0.5) is 9.18 Å². The molecule has 0 spiro atoms. The molecule has 144 valence electrons. The minimum absolute atomic E-state index is 0.0505. The Morgan fingerprint density at radius 1 is 1.29 bits per heavy atom. The molecule has 0 aliphatic carbocycles. The molecule has 1 aromatic carbocycles. The van der Waals surface area contributed by atoms with E-state index in [2.05, 4.69) is 20.6 Å². The van der Waals surface area contributed by atoms with Crippen molar-refractivity contribution in [2.24, 2.45) is 0 Å². The van der Waals surface area contributed by atoms with Crippen LogP contribution in [0.3, 0.4) is 0 Å². The molecule has 1 fully saturated rings. The number of nitrogens with one attached hydrogen (secondary N) is 1. The highest BCUT2D eigenvalue weighted by molar-refractivity contribution is 6.04. The van der Waals surface area contributed by atoms with Crippen LogP contribution in [0.25, 0.3) is 10.9 Å². The van der Waals surface area contributed by atoms with Gasteiger partial charge in [0.2, 0.25) is 0 Å². The van der Waals surface area contributed by atoms with Crippen LogP contribution in [0.5, 0.6) is 0 Å². The van der Waals surface area contributed by atoms with Crippen molar-refractivity contribution in [3.8, 4) is 0 Å². The maximum atomic E-state index is 13.9. The van der Waals surface area contributed by atoms with E-state index < -0.39 is 17.9 Å². The largest absolute Gasteiger partial charge is 0.325 e. The Labute approximate surface area is 160 Å². The first-order valence-corrected chi connectivity index (χ1v) is 8.98. The van der Waals surface area contributed by atoms with Gasteiger partial charge in [0.25, 0.3) is 5.91 Å². The molecular formula is C19H19FN6O2. The van der Waals surface area contributed by atoms with Crippen LogP contribution in [0.15, 0.2) is 36.7 Å². The standard InChI is InChI=1S/C19H19FN6O2/c1-11(2)26-10-15(23-24-26)8-16-18(27)25(19(28)22-16)9-13-7-14(20)6-12-4-3-5-21-17(12)13/h3-7,10-11,16H,8-9H2,1-2H3,(H,22,28). The predicted molar refractivity (Wildman–Crippen MR) is 98.7 cm³/mol. The molecule has 1 aliphatic heterocycles. The lowest BCUT2D eigenvalue weighted by molar-refractivity contribution is -0.127. The quantitative estimate of drug-likeness (QED) is 0.683. The van der Waals surface area contributed by atoms with E-state index in [1.165, 1.54) is 12.1 Å². The fourth-order valence-electron chi connectivity index (χ4n) is 3.25. The molecule has 0 bridgehead atoms. The topological polar surface area (TPSA) is 93.0 Å². The van der Waals surface area contributed by atoms with Gasteiger partial charge in [-0.1, -0.05) is 11.3 Å². The van der Waals surface area contributed by atoms with Crippen LogP contribution < -0.4 is 5.32 Å². The summed E-state index contributed by atoms with van der Waals surface area (Å²) in [6, 6.07) is 5.04. The first-order chi connectivity index (χ1) is 13.4. The van der Waals surface area contributed by atoms with Crippen LogP contribution >= 0.6 is 0 Å². The van der Waals surface area contributed by atoms with E-state index in [-0.39, 0.29) is 24.9 Å². The van der Waals surface area contributed by atoms with Crippen molar-refractivity contribution < 1.29 is 14.0 Å². The summed E-state index contributed by atoms with van der Waals surface area (Å²) >= 11 is 0. The first kappa shape index (κ1) is 18.0. The number of urea groups is 1. The van der Waals surface area contributed by atoms with E-state index >= 15 is 0 Å². The lowest BCUT2D eigenvalue weighted by Crippen LogP contribution is -2.32. The summed E-state index contributed by atoms with van der Waals surface area (Å²) in [5.41, 5.74) is 1.66. The Hall–Kier alpha value is -3.36. The molecule has 4 rings (SSSR count). The molecule has 3 amide bonds. The molecule has 28 heavy (non-hydrogen) atoms. The summed E-state index contributed by atoms with van der Waals surface area (Å²) in [6.45, 7) is 3.89. The van der Waals surface area contributed by atoms with Gasteiger partial charge in [-0.2, -0.15) is 0 Å². The Kier molecular flexibility index (Phi) is 4.50. The van der Waals surface area contributed by atoms with Crippen molar-refractivity contribution in [1.82, 2.24) is 30.2 Å². The third kappa shape index (κ3) is 3.30. The van der Waals surface area contributed by atoms with Gasteiger partial charge < -0.3 is 5.32 Å². The van der Waals surface area contributed by atoms with Gasteiger partial charge in [-0.3, -0.25) is 14.7 Å². The molecule has 3 aromatic rings. The maximum absolute atomic E-state index is 13.9. The molecule has 3 heterocycles. The molecule has 0 saturated carbocycles. The molecule has 9 heteroatoms. The van der Waals surface area contributed by atoms with E-state index in [0.29, 0.717) is 22.2 Å². The molecule has 1 saturated heterocycles. The number of hydrogen-bond acceptors (Lipinski definition) is 5. The number of carbonyl (C=O) groups excluding carboxylic acids is 2. The van der Waals surface area contributed by atoms with E-state index in [0.717, 1.165) is 4.90 Å². The molecule has 1 atom stereocenters. The van der Waals surface area contributed by atoms with Gasteiger partial charge in [0.15, 0.2) is 0 Å². The highest BCUT2D eigenvalue weighted by Crippen LogP contribution is 2.22. The van der Waals surface area contributed by atoms with Crippen molar-refractivity contribution in [1.29, 1.82) is 0 Å². The molecule has 1 unspecified atom stereocenters. The zero-order chi connectivity index (χ0) is 19.8. The summed E-state index contributed by atoms with van der Waals surface area (Å²) in [7, 11) is 0. The Balaban J connectivity index is 1.55. The number of amides is 3. The molecule has 1 aliphatic rings. The molecule has 8 nitrogen and oxygen atoms in total. The number of fused-ring (bicyclic) bond motifs is 1. The number of aromatic nitrogens is 4. The monoisotopic (exact) mass is 382 g/mol. The Morgan fingerprint density at radius 2 is 2.11 bits per heavy atom. The fourth-order valence-corrected chi connectivity index (χ4v) is 3.25. The Bertz CT molecular complexity index is 1060. The average Bonchev–Trinajstić information content (AvgIpc) is 3.22. The van der Waals surface area contributed by atoms with Crippen LogP contribution in [-0.4, -0.2) is 42.9 Å². The average molecular weight is 382 g/mol. The number of rotatable bonds is 5. The zero-order valence-corrected chi connectivity index (χ0v) is 15.5. The van der Waals surface area contributed by atoms with Gasteiger partial charge in [-0.15, -0.1) is 5.10 Å². The molecule has 1 N–H and O–H groups in total. The van der Waals surface area contributed by atoms with Gasteiger partial charge in [-0.05, 0) is 32.0 Å². The predicted octanol–water partition coefficient (Wildman–Crippen LogP) is 2.21. The van der Waals surface area contributed by atoms with Gasteiger partial charge in [0.1, 0.15) is 11.9 Å². The molecule has 2 aromatic heterocycles. The summed E-state index contributed by atoms with van der Waals surface area (Å²) in [5.74, 6) is -0.818. The lowest BCUT2D eigenvalue weighted by atomic mass is 10.1. The van der Waals surface area contributed by atoms with E-state index in [9.17, 15) is 14.0 Å². The van der Waals surface area contributed by atoms with Crippen molar-refractivity contribution in [3.05, 3.63) is 53.7 Å². The highest BCUT2D eigenvalue weighted by atomic mass is 19.1. The van der Waals surface area contributed by atoms with E-state index in [1.54, 1.807) is 29.2 Å². The molecule has 0 radical (unpaired) electrons. The minimum atomic E-state index is -0.724. The van der Waals surface area contributed by atoms with Crippen molar-refractivity contribution in [2.45, 2.75) is 38.9 Å². The van der Waals surface area contributed by atoms with Crippen molar-refractivity contribution in [2.75, 3.05) is 0 Å². The van der Waals surface area contributed by atoms with Crippen LogP contribution in [-0.2, 0) is 17.8 Å². The van der Waals surface area contributed by atoms with E-state index in [4.69, 9.17) is 0 Å². The smallest absolute Gasteiger partial charge is 0.325 e. The van der Waals surface area contributed by atoms with Crippen molar-refractivity contribution in [3.63, 3.8) is 0 Å². The van der Waals surface area contributed by atoms with E-state index in [1.807, 2.05) is 13.8 Å². The van der Waals surface area contributed by atoms with Crippen molar-refractivity contribution >= 4 is 22.8 Å². The van der Waals surface area contributed by atoms with Gasteiger partial charge in [0.05, 0.1) is 17.8 Å². The van der Waals surface area contributed by atoms with Gasteiger partial charge in [-0.25, -0.2) is 13.9 Å². The first-order valence-electron chi connectivity index (χ1n) is 8.98. The maximum Gasteiger partial charge on any atom is 0.325 e. The minimum Gasteiger partial charge on any atom is -0.325 e.